The fourth-order valence-electron chi connectivity index (χ4n) is 6.75. The van der Waals surface area contributed by atoms with E-state index in [1.165, 1.54) is 57.1 Å². The number of aromatic nitrogens is 3. The third kappa shape index (κ3) is 5.13. The van der Waals surface area contributed by atoms with Crippen LogP contribution in [0.4, 0.5) is 5.95 Å². The third-order valence-corrected chi connectivity index (χ3v) is 8.94. The van der Waals surface area contributed by atoms with Gasteiger partial charge < -0.3 is 19.3 Å². The Morgan fingerprint density at radius 3 is 2.63 bits per heavy atom. The van der Waals surface area contributed by atoms with Gasteiger partial charge in [-0.15, -0.1) is 0 Å². The second-order valence-corrected chi connectivity index (χ2v) is 11.4. The first-order valence-corrected chi connectivity index (χ1v) is 13.7. The predicted molar refractivity (Wildman–Crippen MR) is 136 cm³/mol. The maximum Gasteiger partial charge on any atom is 0.229 e. The Morgan fingerprint density at radius 1 is 1.03 bits per heavy atom. The van der Waals surface area contributed by atoms with E-state index in [2.05, 4.69) is 49.0 Å². The first-order chi connectivity index (χ1) is 17.2. The topological polar surface area (TPSA) is 63.6 Å². The molecule has 3 aliphatic heterocycles. The summed E-state index contributed by atoms with van der Waals surface area (Å²) >= 11 is 5.96. The molecular formula is C27H36ClN5O2. The van der Waals surface area contributed by atoms with Gasteiger partial charge in [-0.3, -0.25) is 0 Å². The molecule has 1 aliphatic carbocycles. The molecule has 1 aromatic heterocycles. The molecule has 188 valence electrons. The van der Waals surface area contributed by atoms with Gasteiger partial charge in [0.05, 0.1) is 6.61 Å². The Kier molecular flexibility index (Phi) is 6.82. The maximum atomic E-state index is 6.36. The molecule has 4 fully saturated rings. The Labute approximate surface area is 213 Å². The lowest BCUT2D eigenvalue weighted by molar-refractivity contribution is 0.0494. The van der Waals surface area contributed by atoms with Crippen LogP contribution in [0.5, 0.6) is 5.75 Å². The van der Waals surface area contributed by atoms with E-state index in [1.807, 2.05) is 0 Å². The Balaban J connectivity index is 1.00. The van der Waals surface area contributed by atoms with Crippen LogP contribution in [0.3, 0.4) is 0 Å². The highest BCUT2D eigenvalue weighted by Gasteiger charge is 2.50. The summed E-state index contributed by atoms with van der Waals surface area (Å²) in [6.45, 7) is 7.02. The second kappa shape index (κ2) is 10.2. The van der Waals surface area contributed by atoms with Crippen molar-refractivity contribution >= 4 is 17.5 Å². The van der Waals surface area contributed by atoms with Gasteiger partial charge in [-0.25, -0.2) is 9.97 Å². The number of ether oxygens (including phenoxy) is 2. The van der Waals surface area contributed by atoms with Crippen molar-refractivity contribution in [2.24, 2.45) is 11.3 Å². The molecule has 0 amide bonds. The lowest BCUT2D eigenvalue weighted by Crippen LogP contribution is -2.56. The molecule has 0 bridgehead atoms. The molecule has 0 N–H and O–H groups in total. The molecule has 1 unspecified atom stereocenters. The van der Waals surface area contributed by atoms with E-state index in [-0.39, 0.29) is 5.28 Å². The van der Waals surface area contributed by atoms with E-state index in [0.717, 1.165) is 57.4 Å². The maximum absolute atomic E-state index is 6.36. The number of nitrogens with zero attached hydrogens (tertiary/aromatic N) is 5. The zero-order chi connectivity index (χ0) is 23.7. The number of piperidine rings is 1. The molecule has 3 saturated heterocycles. The zero-order valence-corrected chi connectivity index (χ0v) is 21.2. The van der Waals surface area contributed by atoms with Crippen LogP contribution in [0.15, 0.2) is 30.6 Å². The lowest BCUT2D eigenvalue weighted by Gasteiger charge is -2.49. The van der Waals surface area contributed by atoms with Crippen molar-refractivity contribution in [3.05, 3.63) is 41.4 Å². The van der Waals surface area contributed by atoms with Crippen molar-refractivity contribution in [2.45, 2.75) is 56.9 Å². The summed E-state index contributed by atoms with van der Waals surface area (Å²) in [6, 6.07) is 9.46. The lowest BCUT2D eigenvalue weighted by atomic mass is 9.78. The number of anilines is 1. The van der Waals surface area contributed by atoms with Gasteiger partial charge in [0.1, 0.15) is 12.1 Å². The minimum atomic E-state index is 0.277. The monoisotopic (exact) mass is 497 g/mol. The second-order valence-electron chi connectivity index (χ2n) is 11.0. The molecule has 0 radical (unpaired) electrons. The fraction of sp³-hybridized carbons (Fsp3) is 0.667. The number of hydrogen-bond donors (Lipinski definition) is 0. The molecule has 2 aromatic rings. The fourth-order valence-corrected chi connectivity index (χ4v) is 6.87. The predicted octanol–water partition coefficient (Wildman–Crippen LogP) is 4.57. The van der Waals surface area contributed by atoms with Crippen molar-refractivity contribution in [1.82, 2.24) is 19.9 Å². The molecule has 1 saturated carbocycles. The minimum Gasteiger partial charge on any atom is -0.493 e. The van der Waals surface area contributed by atoms with Gasteiger partial charge in [0, 0.05) is 37.8 Å². The highest BCUT2D eigenvalue weighted by Crippen LogP contribution is 2.48. The molecule has 4 heterocycles. The van der Waals surface area contributed by atoms with Crippen molar-refractivity contribution in [1.29, 1.82) is 0 Å². The van der Waals surface area contributed by atoms with E-state index < -0.39 is 0 Å². The summed E-state index contributed by atoms with van der Waals surface area (Å²) < 4.78 is 11.9. The summed E-state index contributed by atoms with van der Waals surface area (Å²) in [4.78, 5) is 17.5. The van der Waals surface area contributed by atoms with Crippen molar-refractivity contribution in [3.63, 3.8) is 0 Å². The Morgan fingerprint density at radius 2 is 1.83 bits per heavy atom. The first kappa shape index (κ1) is 23.4. The first-order valence-electron chi connectivity index (χ1n) is 13.3. The van der Waals surface area contributed by atoms with Gasteiger partial charge in [0.2, 0.25) is 11.2 Å². The van der Waals surface area contributed by atoms with Crippen LogP contribution in [0.1, 0.15) is 56.4 Å². The molecule has 7 nitrogen and oxygen atoms in total. The van der Waals surface area contributed by atoms with Crippen LogP contribution >= 0.6 is 11.6 Å². The SMILES string of the molecule is Clc1ncnc(N2CC3(CCC(N4CCC(c5ccccc5OCC5CCOCC5)CC4)C3)C2)n1. The summed E-state index contributed by atoms with van der Waals surface area (Å²) in [5, 5.41) is 0.277. The number of halogens is 1. The standard InChI is InChI=1S/C27H36ClN5O2/c28-25-29-19-30-26(31-25)33-17-27(18-33)10-5-22(15-27)32-11-6-21(7-12-32)23-3-1-2-4-24(23)35-16-20-8-13-34-14-9-20/h1-4,19-22H,5-18H2. The van der Waals surface area contributed by atoms with Crippen LogP contribution in [0.25, 0.3) is 0 Å². The van der Waals surface area contributed by atoms with Crippen molar-refractivity contribution in [2.75, 3.05) is 50.9 Å². The number of benzene rings is 1. The van der Waals surface area contributed by atoms with E-state index in [9.17, 15) is 0 Å². The molecule has 35 heavy (non-hydrogen) atoms. The summed E-state index contributed by atoms with van der Waals surface area (Å²) in [6.07, 6.45) is 10.1. The quantitative estimate of drug-likeness (QED) is 0.579. The molecule has 1 spiro atoms. The van der Waals surface area contributed by atoms with E-state index >= 15 is 0 Å². The van der Waals surface area contributed by atoms with Gasteiger partial charge in [-0.1, -0.05) is 18.2 Å². The summed E-state index contributed by atoms with van der Waals surface area (Å²) in [5.74, 6) is 3.04. The van der Waals surface area contributed by atoms with Gasteiger partial charge >= 0.3 is 0 Å². The van der Waals surface area contributed by atoms with Crippen LogP contribution in [-0.4, -0.2) is 71.9 Å². The highest BCUT2D eigenvalue weighted by molar-refractivity contribution is 6.28. The highest BCUT2D eigenvalue weighted by atomic mass is 35.5. The molecule has 6 rings (SSSR count). The Hall–Kier alpha value is -1.96. The molecule has 1 aromatic carbocycles. The average molecular weight is 498 g/mol. The number of para-hydroxylation sites is 1. The van der Waals surface area contributed by atoms with E-state index in [0.29, 0.717) is 23.3 Å². The smallest absolute Gasteiger partial charge is 0.229 e. The van der Waals surface area contributed by atoms with Crippen LogP contribution < -0.4 is 9.64 Å². The van der Waals surface area contributed by atoms with Crippen LogP contribution in [0.2, 0.25) is 5.28 Å². The summed E-state index contributed by atoms with van der Waals surface area (Å²) in [7, 11) is 0. The molecular weight excluding hydrogens is 462 g/mol. The van der Waals surface area contributed by atoms with Gasteiger partial charge in [0.25, 0.3) is 0 Å². The summed E-state index contributed by atoms with van der Waals surface area (Å²) in [5.41, 5.74) is 1.83. The Bertz CT molecular complexity index is 1000. The molecule has 8 heteroatoms. The number of rotatable bonds is 6. The largest absolute Gasteiger partial charge is 0.493 e. The normalized spacial score (nSPS) is 25.6. The third-order valence-electron chi connectivity index (χ3n) is 8.76. The molecule has 1 atom stereocenters. The number of likely N-dealkylation sites (tertiary alicyclic amines) is 1. The van der Waals surface area contributed by atoms with E-state index in [4.69, 9.17) is 21.1 Å². The number of hydrogen-bond acceptors (Lipinski definition) is 7. The minimum absolute atomic E-state index is 0.277. The van der Waals surface area contributed by atoms with E-state index in [1.54, 1.807) is 0 Å². The van der Waals surface area contributed by atoms with Gasteiger partial charge in [-0.2, -0.15) is 4.98 Å². The molecule has 4 aliphatic rings. The van der Waals surface area contributed by atoms with Crippen molar-refractivity contribution in [3.8, 4) is 5.75 Å². The van der Waals surface area contributed by atoms with Crippen molar-refractivity contribution < 1.29 is 9.47 Å². The van der Waals surface area contributed by atoms with Crippen LogP contribution in [-0.2, 0) is 4.74 Å². The van der Waals surface area contributed by atoms with Crippen LogP contribution in [0, 0.1) is 11.3 Å². The average Bonchev–Trinajstić information content (AvgIpc) is 3.34. The zero-order valence-electron chi connectivity index (χ0n) is 20.4. The van der Waals surface area contributed by atoms with Gasteiger partial charge in [0.15, 0.2) is 0 Å². The van der Waals surface area contributed by atoms with Gasteiger partial charge in [-0.05, 0) is 93.1 Å².